The van der Waals surface area contributed by atoms with Crippen molar-refractivity contribution < 1.29 is 17.9 Å². The Morgan fingerprint density at radius 2 is 1.72 bits per heavy atom. The van der Waals surface area contributed by atoms with Gasteiger partial charge in [0.15, 0.2) is 0 Å². The minimum Gasteiger partial charge on any atom is -0.495 e. The number of carbonyl (C=O) groups excluding carboxylic acids is 1. The summed E-state index contributed by atoms with van der Waals surface area (Å²) in [5.74, 6) is -0.169. The Bertz CT molecular complexity index is 1220. The number of anilines is 1. The standard InChI is InChI=1S/C23H22Cl2N2O4S/c1-15-8-9-17(13-19(15)24)26-23(28)21(12-16-6-4-3-5-7-16)27-32(29,30)18-10-11-22(31-2)20(25)14-18/h3-11,13-14,21,27H,12H2,1-2H3,(H,26,28). The second-order valence-corrected chi connectivity index (χ2v) is 9.64. The summed E-state index contributed by atoms with van der Waals surface area (Å²) in [4.78, 5) is 13.0. The number of amides is 1. The summed E-state index contributed by atoms with van der Waals surface area (Å²) in [5, 5.41) is 3.38. The molecule has 0 bridgehead atoms. The van der Waals surface area contributed by atoms with Crippen LogP contribution in [0.2, 0.25) is 10.0 Å². The van der Waals surface area contributed by atoms with E-state index < -0.39 is 22.0 Å². The number of benzene rings is 3. The van der Waals surface area contributed by atoms with Gasteiger partial charge in [-0.2, -0.15) is 4.72 Å². The van der Waals surface area contributed by atoms with Crippen LogP contribution in [0.25, 0.3) is 0 Å². The molecule has 9 heteroatoms. The van der Waals surface area contributed by atoms with Crippen LogP contribution >= 0.6 is 23.2 Å². The molecule has 1 atom stereocenters. The van der Waals surface area contributed by atoms with Gasteiger partial charge in [-0.25, -0.2) is 8.42 Å². The van der Waals surface area contributed by atoms with E-state index in [0.717, 1.165) is 11.1 Å². The molecule has 3 aromatic rings. The number of carbonyl (C=O) groups is 1. The maximum Gasteiger partial charge on any atom is 0.242 e. The van der Waals surface area contributed by atoms with Crippen molar-refractivity contribution in [3.63, 3.8) is 0 Å². The normalized spacial score (nSPS) is 12.2. The smallest absolute Gasteiger partial charge is 0.242 e. The predicted molar refractivity (Wildman–Crippen MR) is 127 cm³/mol. The molecule has 0 aromatic heterocycles. The van der Waals surface area contributed by atoms with Crippen molar-refractivity contribution in [3.8, 4) is 5.75 Å². The lowest BCUT2D eigenvalue weighted by Gasteiger charge is -2.19. The third-order valence-corrected chi connectivity index (χ3v) is 6.94. The third-order valence-electron chi connectivity index (χ3n) is 4.77. The zero-order valence-corrected chi connectivity index (χ0v) is 19.8. The number of ether oxygens (including phenoxy) is 1. The van der Waals surface area contributed by atoms with Crippen LogP contribution in [0.1, 0.15) is 11.1 Å². The molecule has 0 radical (unpaired) electrons. The van der Waals surface area contributed by atoms with Crippen LogP contribution in [0.5, 0.6) is 5.75 Å². The fourth-order valence-electron chi connectivity index (χ4n) is 3.01. The topological polar surface area (TPSA) is 84.5 Å². The van der Waals surface area contributed by atoms with Gasteiger partial charge in [-0.05, 0) is 54.8 Å². The van der Waals surface area contributed by atoms with E-state index >= 15 is 0 Å². The highest BCUT2D eigenvalue weighted by Gasteiger charge is 2.27. The maximum absolute atomic E-state index is 13.1. The molecule has 6 nitrogen and oxygen atoms in total. The molecule has 168 valence electrons. The lowest BCUT2D eigenvalue weighted by molar-refractivity contribution is -0.117. The Labute approximate surface area is 197 Å². The predicted octanol–water partition coefficient (Wildman–Crippen LogP) is 4.84. The van der Waals surface area contributed by atoms with Crippen LogP contribution in [-0.2, 0) is 21.2 Å². The SMILES string of the molecule is COc1ccc(S(=O)(=O)NC(Cc2ccccc2)C(=O)Nc2ccc(C)c(Cl)c2)cc1Cl. The number of aryl methyl sites for hydroxylation is 1. The van der Waals surface area contributed by atoms with E-state index in [-0.39, 0.29) is 16.3 Å². The van der Waals surface area contributed by atoms with Crippen LogP contribution < -0.4 is 14.8 Å². The molecule has 0 spiro atoms. The number of rotatable bonds is 8. The summed E-state index contributed by atoms with van der Waals surface area (Å²) in [7, 11) is -2.62. The van der Waals surface area contributed by atoms with Gasteiger partial charge in [-0.3, -0.25) is 4.79 Å². The molecule has 1 unspecified atom stereocenters. The van der Waals surface area contributed by atoms with Crippen molar-refractivity contribution in [2.24, 2.45) is 0 Å². The molecule has 3 aromatic carbocycles. The van der Waals surface area contributed by atoms with Crippen LogP contribution in [0, 0.1) is 6.92 Å². The molecule has 0 aliphatic carbocycles. The quantitative estimate of drug-likeness (QED) is 0.471. The number of hydrogen-bond acceptors (Lipinski definition) is 4. The van der Waals surface area contributed by atoms with E-state index in [4.69, 9.17) is 27.9 Å². The number of hydrogen-bond donors (Lipinski definition) is 2. The molecule has 0 saturated heterocycles. The second-order valence-electron chi connectivity index (χ2n) is 7.11. The molecular formula is C23H22Cl2N2O4S. The van der Waals surface area contributed by atoms with Crippen molar-refractivity contribution in [1.82, 2.24) is 4.72 Å². The molecule has 0 aliphatic heterocycles. The lowest BCUT2D eigenvalue weighted by atomic mass is 10.1. The lowest BCUT2D eigenvalue weighted by Crippen LogP contribution is -2.45. The molecule has 0 heterocycles. The average Bonchev–Trinajstić information content (AvgIpc) is 2.76. The molecule has 0 aliphatic rings. The van der Waals surface area contributed by atoms with Crippen molar-refractivity contribution in [1.29, 1.82) is 0 Å². The zero-order chi connectivity index (χ0) is 23.3. The minimum atomic E-state index is -4.06. The van der Waals surface area contributed by atoms with Crippen LogP contribution in [0.4, 0.5) is 5.69 Å². The monoisotopic (exact) mass is 492 g/mol. The summed E-state index contributed by atoms with van der Waals surface area (Å²) < 4.78 is 33.6. The van der Waals surface area contributed by atoms with Gasteiger partial charge in [0.1, 0.15) is 11.8 Å². The highest BCUT2D eigenvalue weighted by molar-refractivity contribution is 7.89. The van der Waals surface area contributed by atoms with Crippen molar-refractivity contribution in [3.05, 3.63) is 87.9 Å². The summed E-state index contributed by atoms with van der Waals surface area (Å²) in [6.07, 6.45) is 0.148. The fraction of sp³-hybridized carbons (Fsp3) is 0.174. The number of nitrogens with one attached hydrogen (secondary N) is 2. The van der Waals surface area contributed by atoms with Gasteiger partial charge >= 0.3 is 0 Å². The number of halogens is 2. The molecule has 0 fully saturated rings. The average molecular weight is 493 g/mol. The van der Waals surface area contributed by atoms with E-state index in [2.05, 4.69) is 10.0 Å². The molecule has 3 rings (SSSR count). The van der Waals surface area contributed by atoms with Crippen molar-refractivity contribution in [2.45, 2.75) is 24.3 Å². The minimum absolute atomic E-state index is 0.0763. The highest BCUT2D eigenvalue weighted by atomic mass is 35.5. The van der Waals surface area contributed by atoms with E-state index in [1.165, 1.54) is 25.3 Å². The molecule has 2 N–H and O–H groups in total. The largest absolute Gasteiger partial charge is 0.495 e. The van der Waals surface area contributed by atoms with Crippen molar-refractivity contribution in [2.75, 3.05) is 12.4 Å². The molecule has 1 amide bonds. The third kappa shape index (κ3) is 6.01. The van der Waals surface area contributed by atoms with Crippen LogP contribution in [0.15, 0.2) is 71.6 Å². The van der Waals surface area contributed by atoms with Gasteiger partial charge in [-0.15, -0.1) is 0 Å². The summed E-state index contributed by atoms with van der Waals surface area (Å²) in [5.41, 5.74) is 2.13. The summed E-state index contributed by atoms with van der Waals surface area (Å²) in [6.45, 7) is 1.85. The molecule has 0 saturated carbocycles. The van der Waals surface area contributed by atoms with Gasteiger partial charge in [0.25, 0.3) is 0 Å². The first kappa shape index (κ1) is 24.1. The van der Waals surface area contributed by atoms with E-state index in [9.17, 15) is 13.2 Å². The van der Waals surface area contributed by atoms with E-state index in [0.29, 0.717) is 16.5 Å². The van der Waals surface area contributed by atoms with Crippen molar-refractivity contribution >= 4 is 44.8 Å². The maximum atomic E-state index is 13.1. The summed E-state index contributed by atoms with van der Waals surface area (Å²) in [6, 6.07) is 17.2. The van der Waals surface area contributed by atoms with Gasteiger partial charge in [0.05, 0.1) is 17.0 Å². The first-order valence-corrected chi connectivity index (χ1v) is 11.9. The van der Waals surface area contributed by atoms with Gasteiger partial charge in [0.2, 0.25) is 15.9 Å². The first-order valence-electron chi connectivity index (χ1n) is 9.66. The van der Waals surface area contributed by atoms with E-state index in [1.807, 2.05) is 37.3 Å². The zero-order valence-electron chi connectivity index (χ0n) is 17.4. The molecular weight excluding hydrogens is 471 g/mol. The Morgan fingerprint density at radius 1 is 1.00 bits per heavy atom. The first-order chi connectivity index (χ1) is 15.2. The Balaban J connectivity index is 1.88. The second kappa shape index (κ2) is 10.4. The van der Waals surface area contributed by atoms with E-state index in [1.54, 1.807) is 18.2 Å². The Hall–Kier alpha value is -2.58. The Kier molecular flexibility index (Phi) is 7.79. The van der Waals surface area contributed by atoms with Gasteiger partial charge < -0.3 is 10.1 Å². The Morgan fingerprint density at radius 3 is 2.34 bits per heavy atom. The van der Waals surface area contributed by atoms with Crippen LogP contribution in [0.3, 0.4) is 0 Å². The van der Waals surface area contributed by atoms with Gasteiger partial charge in [0, 0.05) is 10.7 Å². The number of sulfonamides is 1. The highest BCUT2D eigenvalue weighted by Crippen LogP contribution is 2.27. The fourth-order valence-corrected chi connectivity index (χ4v) is 4.73. The number of methoxy groups -OCH3 is 1. The summed E-state index contributed by atoms with van der Waals surface area (Å²) >= 11 is 12.2. The molecule has 32 heavy (non-hydrogen) atoms. The van der Waals surface area contributed by atoms with Crippen LogP contribution in [-0.4, -0.2) is 27.5 Å². The van der Waals surface area contributed by atoms with Gasteiger partial charge in [-0.1, -0.05) is 59.6 Å².